The highest BCUT2D eigenvalue weighted by Crippen LogP contribution is 2.47. The number of furan rings is 1. The molecule has 12 heteroatoms. The third-order valence-electron chi connectivity index (χ3n) is 9.17. The van der Waals surface area contributed by atoms with Crippen molar-refractivity contribution in [2.24, 2.45) is 0 Å². The number of hydrogen-bond acceptors (Lipinski definition) is 7. The summed E-state index contributed by atoms with van der Waals surface area (Å²) in [6.07, 6.45) is 2.06. The topological polar surface area (TPSA) is 116 Å². The van der Waals surface area contributed by atoms with Gasteiger partial charge in [-0.05, 0) is 100 Å². The Morgan fingerprint density at radius 1 is 1.02 bits per heavy atom. The van der Waals surface area contributed by atoms with Crippen molar-refractivity contribution in [1.82, 2.24) is 5.32 Å². The van der Waals surface area contributed by atoms with Crippen molar-refractivity contribution in [2.75, 3.05) is 24.6 Å². The van der Waals surface area contributed by atoms with Gasteiger partial charge in [0.15, 0.2) is 0 Å². The highest BCUT2D eigenvalue weighted by molar-refractivity contribution is 7.92. The Hall–Kier alpha value is -3.87. The number of carbonyl (C=O) groups excluding carboxylic acids is 1. The first-order valence-electron chi connectivity index (χ1n) is 15.3. The average molecular weight is 649 g/mol. The van der Waals surface area contributed by atoms with Gasteiger partial charge in [-0.3, -0.25) is 9.52 Å². The van der Waals surface area contributed by atoms with E-state index in [0.29, 0.717) is 33.5 Å². The number of hydrogen-bond donors (Lipinski definition) is 2. The Bertz CT molecular complexity index is 1900. The highest BCUT2D eigenvalue weighted by Gasteiger charge is 2.52. The van der Waals surface area contributed by atoms with Gasteiger partial charge < -0.3 is 23.8 Å². The van der Waals surface area contributed by atoms with Gasteiger partial charge in [0.2, 0.25) is 10.0 Å². The summed E-state index contributed by atoms with van der Waals surface area (Å²) in [6, 6.07) is 14.7. The van der Waals surface area contributed by atoms with Gasteiger partial charge in [0.25, 0.3) is 5.91 Å². The lowest BCUT2D eigenvalue weighted by Crippen LogP contribution is -2.41. The van der Waals surface area contributed by atoms with Crippen LogP contribution in [0.3, 0.4) is 0 Å². The Balaban J connectivity index is 1.26. The molecular weight excluding hydrogens is 610 g/mol. The fourth-order valence-electron chi connectivity index (χ4n) is 5.68. The van der Waals surface area contributed by atoms with Gasteiger partial charge in [-0.2, -0.15) is 0 Å². The van der Waals surface area contributed by atoms with Crippen LogP contribution in [-0.2, 0) is 25.8 Å². The van der Waals surface area contributed by atoms with Crippen LogP contribution in [0.2, 0.25) is 0 Å². The van der Waals surface area contributed by atoms with Gasteiger partial charge in [0.1, 0.15) is 22.9 Å². The Morgan fingerprint density at radius 3 is 2.30 bits per heavy atom. The quantitative estimate of drug-likeness (QED) is 0.210. The van der Waals surface area contributed by atoms with E-state index in [0.717, 1.165) is 29.4 Å². The summed E-state index contributed by atoms with van der Waals surface area (Å²) >= 11 is 0. The molecule has 0 spiro atoms. The second-order valence-corrected chi connectivity index (χ2v) is 14.8. The molecule has 3 aromatic carbocycles. The van der Waals surface area contributed by atoms with E-state index < -0.39 is 34.2 Å². The van der Waals surface area contributed by atoms with Crippen molar-refractivity contribution in [2.45, 2.75) is 64.1 Å². The predicted octanol–water partition coefficient (Wildman–Crippen LogP) is 5.77. The number of fused-ring (bicyclic) bond motifs is 1. The minimum absolute atomic E-state index is 0.163. The van der Waals surface area contributed by atoms with Crippen LogP contribution in [0.5, 0.6) is 5.75 Å². The van der Waals surface area contributed by atoms with Gasteiger partial charge in [-0.15, -0.1) is 0 Å². The number of nitrogens with one attached hydrogen (secondary N) is 2. The first kappa shape index (κ1) is 32.1. The number of carbonyl (C=O) groups is 1. The molecule has 0 radical (unpaired) electrons. The van der Waals surface area contributed by atoms with E-state index >= 15 is 0 Å². The largest absolute Gasteiger partial charge is 0.498 e. The Kier molecular flexibility index (Phi) is 8.19. The molecular formula is C34H38BFN2O7S. The maximum absolute atomic E-state index is 13.6. The van der Waals surface area contributed by atoms with E-state index in [4.69, 9.17) is 18.5 Å². The van der Waals surface area contributed by atoms with E-state index in [1.807, 2.05) is 52.0 Å². The number of amides is 1. The zero-order valence-corrected chi connectivity index (χ0v) is 27.6. The molecule has 1 amide bonds. The number of halogens is 1. The molecule has 4 aromatic rings. The molecule has 242 valence electrons. The minimum Gasteiger partial charge on any atom is -0.497 e. The van der Waals surface area contributed by atoms with Crippen LogP contribution in [0.25, 0.3) is 22.3 Å². The van der Waals surface area contributed by atoms with E-state index in [-0.39, 0.29) is 29.8 Å². The third kappa shape index (κ3) is 6.13. The fourth-order valence-corrected chi connectivity index (χ4v) is 6.80. The molecule has 1 aromatic heterocycles. The van der Waals surface area contributed by atoms with Gasteiger partial charge in [0, 0.05) is 29.5 Å². The fraction of sp³-hybridized carbons (Fsp3) is 0.382. The second-order valence-electron chi connectivity index (χ2n) is 12.9. The summed E-state index contributed by atoms with van der Waals surface area (Å²) in [4.78, 5) is 13.0. The molecule has 9 nitrogen and oxygen atoms in total. The van der Waals surface area contributed by atoms with Gasteiger partial charge in [0.05, 0.1) is 35.3 Å². The summed E-state index contributed by atoms with van der Waals surface area (Å²) in [5.41, 5.74) is 2.94. The van der Waals surface area contributed by atoms with Crippen molar-refractivity contribution < 1.29 is 36.1 Å². The van der Waals surface area contributed by atoms with Gasteiger partial charge >= 0.3 is 7.12 Å². The molecule has 0 unspecified atom stereocenters. The lowest BCUT2D eigenvalue weighted by Gasteiger charge is -2.32. The zero-order valence-electron chi connectivity index (χ0n) is 26.8. The Labute approximate surface area is 269 Å². The van der Waals surface area contributed by atoms with Crippen LogP contribution in [-0.4, -0.2) is 52.6 Å². The van der Waals surface area contributed by atoms with Crippen LogP contribution >= 0.6 is 0 Å². The van der Waals surface area contributed by atoms with E-state index in [1.54, 1.807) is 25.3 Å². The molecule has 1 saturated heterocycles. The number of methoxy groups -OCH3 is 1. The average Bonchev–Trinajstić information content (AvgIpc) is 3.74. The Morgan fingerprint density at radius 2 is 1.70 bits per heavy atom. The first-order chi connectivity index (χ1) is 21.7. The lowest BCUT2D eigenvalue weighted by molar-refractivity contribution is 0.00578. The van der Waals surface area contributed by atoms with Crippen LogP contribution < -0.4 is 20.2 Å². The molecule has 1 aliphatic carbocycles. The van der Waals surface area contributed by atoms with Crippen LogP contribution in [0, 0.1) is 5.82 Å². The summed E-state index contributed by atoms with van der Waals surface area (Å²) < 4.78 is 67.5. The monoisotopic (exact) mass is 648 g/mol. The van der Waals surface area contributed by atoms with E-state index in [1.165, 1.54) is 19.2 Å². The molecule has 2 heterocycles. The normalized spacial score (nSPS) is 17.3. The summed E-state index contributed by atoms with van der Waals surface area (Å²) in [6.45, 7) is 7.93. The van der Waals surface area contributed by atoms with E-state index in [2.05, 4.69) is 10.0 Å². The van der Waals surface area contributed by atoms with Gasteiger partial charge in [-0.1, -0.05) is 12.1 Å². The number of benzene rings is 3. The predicted molar refractivity (Wildman–Crippen MR) is 177 cm³/mol. The molecule has 0 bridgehead atoms. The summed E-state index contributed by atoms with van der Waals surface area (Å²) in [5, 5.41) is 3.22. The first-order valence-corrected chi connectivity index (χ1v) is 17.0. The number of ether oxygens (including phenoxy) is 1. The maximum Gasteiger partial charge on any atom is 0.498 e. The molecule has 0 atom stereocenters. The molecule has 46 heavy (non-hydrogen) atoms. The minimum atomic E-state index is -3.79. The summed E-state index contributed by atoms with van der Waals surface area (Å²) in [7, 11) is -1.31. The highest BCUT2D eigenvalue weighted by atomic mass is 32.2. The van der Waals surface area contributed by atoms with Crippen molar-refractivity contribution in [3.8, 4) is 17.1 Å². The molecule has 1 aliphatic heterocycles. The number of rotatable bonds is 10. The SMILES string of the molecule is CNC(=O)c1c(-c2ccc(F)cc2)oc2cc(NS(=O)(=O)CCc3ccc(B4OC(C)(C)C(C)(C)O4)c(OC)c3)c(C3CC3)cc12. The van der Waals surface area contributed by atoms with Crippen molar-refractivity contribution in [3.05, 3.63) is 77.1 Å². The van der Waals surface area contributed by atoms with Crippen molar-refractivity contribution in [3.63, 3.8) is 0 Å². The van der Waals surface area contributed by atoms with Crippen molar-refractivity contribution >= 4 is 45.2 Å². The van der Waals surface area contributed by atoms with Crippen LogP contribution in [0.1, 0.15) is 67.9 Å². The van der Waals surface area contributed by atoms with E-state index in [9.17, 15) is 17.6 Å². The number of aryl methyl sites for hydroxylation is 1. The zero-order chi connectivity index (χ0) is 33.0. The number of anilines is 1. The third-order valence-corrected chi connectivity index (χ3v) is 10.4. The summed E-state index contributed by atoms with van der Waals surface area (Å²) in [5.74, 6) is 0.0759. The van der Waals surface area contributed by atoms with Crippen LogP contribution in [0.15, 0.2) is 59.0 Å². The lowest BCUT2D eigenvalue weighted by atomic mass is 9.78. The molecule has 2 N–H and O–H groups in total. The maximum atomic E-state index is 13.6. The van der Waals surface area contributed by atoms with Crippen molar-refractivity contribution in [1.29, 1.82) is 0 Å². The standard InChI is InChI=1S/C34H38BFN2O7S/c1-33(2)34(3,4)45-35(44-33)26-14-7-20(17-29(26)42-6)15-16-46(40,41)38-27-19-28-25(18-24(27)21-8-9-21)30(32(39)37-5)31(43-28)22-10-12-23(36)13-11-22/h7,10-14,17-19,21,38H,8-9,15-16H2,1-6H3,(H,37,39). The number of sulfonamides is 1. The van der Waals surface area contributed by atoms with Gasteiger partial charge in [-0.25, -0.2) is 12.8 Å². The molecule has 2 aliphatic rings. The second kappa shape index (κ2) is 11.7. The molecule has 6 rings (SSSR count). The molecule has 1 saturated carbocycles. The smallest absolute Gasteiger partial charge is 0.497 e. The van der Waals surface area contributed by atoms with Crippen LogP contribution in [0.4, 0.5) is 10.1 Å². The molecule has 2 fully saturated rings.